The van der Waals surface area contributed by atoms with Crippen LogP contribution in [0.1, 0.15) is 78.0 Å². The fraction of sp³-hybridized carbons (Fsp3) is 0.654. The standard InChI is InChI=1S/C26H43N3O5/c1-8-9-10-15-27-23(31)22(20-13-11-19(4)12-14-20)29(16-17-30)24(32)21(18(2)3)28-25(33)34-26(5,6)7/h11-14,18,21-22,30H,8-10,15-17H2,1-7H3,(H,27,31)(H,28,33). The highest BCUT2D eigenvalue weighted by molar-refractivity contribution is 5.92. The number of aliphatic hydroxyl groups excluding tert-OH is 1. The van der Waals surface area contributed by atoms with Crippen molar-refractivity contribution in [3.63, 3.8) is 0 Å². The smallest absolute Gasteiger partial charge is 0.408 e. The van der Waals surface area contributed by atoms with Gasteiger partial charge in [0.2, 0.25) is 11.8 Å². The predicted molar refractivity (Wildman–Crippen MR) is 133 cm³/mol. The van der Waals surface area contributed by atoms with Crippen molar-refractivity contribution in [1.82, 2.24) is 15.5 Å². The van der Waals surface area contributed by atoms with Crippen LogP contribution in [0.25, 0.3) is 0 Å². The Morgan fingerprint density at radius 3 is 2.21 bits per heavy atom. The van der Waals surface area contributed by atoms with E-state index in [4.69, 9.17) is 4.74 Å². The molecule has 0 fully saturated rings. The lowest BCUT2D eigenvalue weighted by molar-refractivity contribution is -0.143. The van der Waals surface area contributed by atoms with Crippen molar-refractivity contribution >= 4 is 17.9 Å². The number of nitrogens with zero attached hydrogens (tertiary/aromatic N) is 1. The number of benzene rings is 1. The fourth-order valence-electron chi connectivity index (χ4n) is 3.51. The number of aryl methyl sites for hydroxylation is 1. The van der Waals surface area contributed by atoms with E-state index in [1.165, 1.54) is 4.90 Å². The molecule has 0 saturated carbocycles. The normalized spacial score (nSPS) is 13.2. The van der Waals surface area contributed by atoms with Gasteiger partial charge in [0, 0.05) is 13.1 Å². The zero-order valence-corrected chi connectivity index (χ0v) is 21.8. The molecule has 0 radical (unpaired) electrons. The number of carbonyl (C=O) groups is 3. The Balaban J connectivity index is 3.29. The second-order valence-corrected chi connectivity index (χ2v) is 9.93. The third-order valence-electron chi connectivity index (χ3n) is 5.26. The Morgan fingerprint density at radius 2 is 1.71 bits per heavy atom. The molecule has 0 aliphatic rings. The molecule has 0 aromatic heterocycles. The van der Waals surface area contributed by atoms with Gasteiger partial charge in [-0.3, -0.25) is 9.59 Å². The van der Waals surface area contributed by atoms with Gasteiger partial charge in [0.25, 0.3) is 0 Å². The van der Waals surface area contributed by atoms with Gasteiger partial charge >= 0.3 is 6.09 Å². The first-order chi connectivity index (χ1) is 15.9. The Hall–Kier alpha value is -2.61. The fourth-order valence-corrected chi connectivity index (χ4v) is 3.51. The predicted octanol–water partition coefficient (Wildman–Crippen LogP) is 3.71. The van der Waals surface area contributed by atoms with E-state index >= 15 is 0 Å². The molecule has 1 rings (SSSR count). The third kappa shape index (κ3) is 9.71. The number of amides is 3. The molecular weight excluding hydrogens is 434 g/mol. The summed E-state index contributed by atoms with van der Waals surface area (Å²) in [7, 11) is 0. The molecule has 2 atom stereocenters. The second-order valence-electron chi connectivity index (χ2n) is 9.93. The van der Waals surface area contributed by atoms with Gasteiger partial charge in [0.15, 0.2) is 0 Å². The number of carbonyl (C=O) groups excluding carboxylic acids is 3. The summed E-state index contributed by atoms with van der Waals surface area (Å²) in [5, 5.41) is 15.4. The highest BCUT2D eigenvalue weighted by atomic mass is 16.6. The van der Waals surface area contributed by atoms with Gasteiger partial charge in [0.1, 0.15) is 17.7 Å². The summed E-state index contributed by atoms with van der Waals surface area (Å²) in [6.07, 6.45) is 2.15. The third-order valence-corrected chi connectivity index (χ3v) is 5.26. The van der Waals surface area contributed by atoms with Gasteiger partial charge in [-0.2, -0.15) is 0 Å². The van der Waals surface area contributed by atoms with Crippen LogP contribution in [0.4, 0.5) is 4.79 Å². The first-order valence-corrected chi connectivity index (χ1v) is 12.2. The molecule has 3 amide bonds. The minimum absolute atomic E-state index is 0.0566. The molecule has 8 nitrogen and oxygen atoms in total. The number of aliphatic hydroxyl groups is 1. The molecule has 0 aliphatic heterocycles. The van der Waals surface area contributed by atoms with Gasteiger partial charge in [-0.05, 0) is 45.6 Å². The van der Waals surface area contributed by atoms with Gasteiger partial charge in [-0.1, -0.05) is 63.4 Å². The van der Waals surface area contributed by atoms with E-state index in [1.54, 1.807) is 20.8 Å². The largest absolute Gasteiger partial charge is 0.444 e. The first-order valence-electron chi connectivity index (χ1n) is 12.2. The Morgan fingerprint density at radius 1 is 1.09 bits per heavy atom. The van der Waals surface area contributed by atoms with E-state index in [9.17, 15) is 19.5 Å². The van der Waals surface area contributed by atoms with Crippen molar-refractivity contribution in [3.05, 3.63) is 35.4 Å². The Kier molecular flexibility index (Phi) is 12.1. The Labute approximate surface area is 204 Å². The molecule has 34 heavy (non-hydrogen) atoms. The molecular formula is C26H43N3O5. The summed E-state index contributed by atoms with van der Waals surface area (Å²) in [6, 6.07) is 5.52. The quantitative estimate of drug-likeness (QED) is 0.398. The van der Waals surface area contributed by atoms with Gasteiger partial charge in [0.05, 0.1) is 6.61 Å². The SMILES string of the molecule is CCCCCNC(=O)C(c1ccc(C)cc1)N(CCO)C(=O)C(NC(=O)OC(C)(C)C)C(C)C. The molecule has 3 N–H and O–H groups in total. The zero-order valence-electron chi connectivity index (χ0n) is 21.8. The monoisotopic (exact) mass is 477 g/mol. The molecule has 0 spiro atoms. The van der Waals surface area contributed by atoms with E-state index in [2.05, 4.69) is 17.6 Å². The number of hydrogen-bond donors (Lipinski definition) is 3. The van der Waals surface area contributed by atoms with E-state index in [0.717, 1.165) is 24.8 Å². The van der Waals surface area contributed by atoms with Crippen molar-refractivity contribution in [2.75, 3.05) is 19.7 Å². The van der Waals surface area contributed by atoms with Crippen LogP contribution in [-0.2, 0) is 14.3 Å². The molecule has 0 bridgehead atoms. The molecule has 1 aromatic carbocycles. The summed E-state index contributed by atoms with van der Waals surface area (Å²) in [4.78, 5) is 40.8. The second kappa shape index (κ2) is 13.9. The summed E-state index contributed by atoms with van der Waals surface area (Å²) in [5.41, 5.74) is 0.945. The summed E-state index contributed by atoms with van der Waals surface area (Å²) >= 11 is 0. The highest BCUT2D eigenvalue weighted by Crippen LogP contribution is 2.24. The number of ether oxygens (including phenoxy) is 1. The molecule has 2 unspecified atom stereocenters. The lowest BCUT2D eigenvalue weighted by atomic mass is 9.98. The minimum atomic E-state index is -0.941. The minimum Gasteiger partial charge on any atom is -0.444 e. The van der Waals surface area contributed by atoms with Crippen molar-refractivity contribution in [2.45, 2.75) is 85.4 Å². The molecule has 0 heterocycles. The van der Waals surface area contributed by atoms with Gasteiger partial charge < -0.3 is 25.4 Å². The van der Waals surface area contributed by atoms with Crippen molar-refractivity contribution in [2.24, 2.45) is 5.92 Å². The molecule has 0 aliphatic carbocycles. The number of nitrogens with one attached hydrogen (secondary N) is 2. The zero-order chi connectivity index (χ0) is 25.9. The van der Waals surface area contributed by atoms with Gasteiger partial charge in [-0.25, -0.2) is 4.79 Å². The van der Waals surface area contributed by atoms with E-state index in [-0.39, 0.29) is 25.0 Å². The summed E-state index contributed by atoms with van der Waals surface area (Å²) in [5.74, 6) is -1.04. The number of unbranched alkanes of at least 4 members (excludes halogenated alkanes) is 2. The molecule has 8 heteroatoms. The van der Waals surface area contributed by atoms with Crippen LogP contribution in [0.3, 0.4) is 0 Å². The van der Waals surface area contributed by atoms with Crippen LogP contribution < -0.4 is 10.6 Å². The highest BCUT2D eigenvalue weighted by Gasteiger charge is 2.37. The van der Waals surface area contributed by atoms with Crippen LogP contribution >= 0.6 is 0 Å². The van der Waals surface area contributed by atoms with E-state index < -0.39 is 29.7 Å². The Bertz CT molecular complexity index is 787. The van der Waals surface area contributed by atoms with Crippen molar-refractivity contribution in [3.8, 4) is 0 Å². The van der Waals surface area contributed by atoms with Crippen molar-refractivity contribution in [1.29, 1.82) is 0 Å². The molecule has 192 valence electrons. The summed E-state index contributed by atoms with van der Waals surface area (Å²) in [6.45, 7) is 13.0. The molecule has 1 aromatic rings. The molecule has 0 saturated heterocycles. The van der Waals surface area contributed by atoms with E-state index in [0.29, 0.717) is 12.1 Å². The van der Waals surface area contributed by atoms with Crippen LogP contribution in [-0.4, -0.2) is 59.3 Å². The summed E-state index contributed by atoms with van der Waals surface area (Å²) < 4.78 is 5.34. The average Bonchev–Trinajstić information content (AvgIpc) is 2.74. The average molecular weight is 478 g/mol. The number of alkyl carbamates (subject to hydrolysis) is 1. The maximum absolute atomic E-state index is 13.7. The maximum Gasteiger partial charge on any atom is 0.408 e. The lowest BCUT2D eigenvalue weighted by Crippen LogP contribution is -2.55. The number of rotatable bonds is 12. The number of hydrogen-bond acceptors (Lipinski definition) is 5. The van der Waals surface area contributed by atoms with Gasteiger partial charge in [-0.15, -0.1) is 0 Å². The van der Waals surface area contributed by atoms with Crippen LogP contribution in [0, 0.1) is 12.8 Å². The van der Waals surface area contributed by atoms with Crippen LogP contribution in [0.2, 0.25) is 0 Å². The van der Waals surface area contributed by atoms with Crippen molar-refractivity contribution < 1.29 is 24.2 Å². The van der Waals surface area contributed by atoms with Crippen LogP contribution in [0.5, 0.6) is 0 Å². The lowest BCUT2D eigenvalue weighted by Gasteiger charge is -2.35. The maximum atomic E-state index is 13.7. The first kappa shape index (κ1) is 29.4. The topological polar surface area (TPSA) is 108 Å². The van der Waals surface area contributed by atoms with E-state index in [1.807, 2.05) is 45.0 Å². The van der Waals surface area contributed by atoms with Crippen LogP contribution in [0.15, 0.2) is 24.3 Å².